The first kappa shape index (κ1) is 17.2. The van der Waals surface area contributed by atoms with Gasteiger partial charge in [-0.25, -0.2) is 0 Å². The molecule has 1 aliphatic rings. The van der Waals surface area contributed by atoms with Gasteiger partial charge >= 0.3 is 0 Å². The number of hydrogen-bond donors (Lipinski definition) is 1. The van der Waals surface area contributed by atoms with Crippen molar-refractivity contribution in [2.45, 2.75) is 74.9 Å². The van der Waals surface area contributed by atoms with E-state index in [0.29, 0.717) is 28.2 Å². The van der Waals surface area contributed by atoms with Crippen LogP contribution in [0.5, 0.6) is 0 Å². The van der Waals surface area contributed by atoms with Crippen molar-refractivity contribution in [3.05, 3.63) is 18.0 Å². The van der Waals surface area contributed by atoms with Crippen LogP contribution in [-0.2, 0) is 6.42 Å². The highest BCUT2D eigenvalue weighted by Gasteiger charge is 2.30. The molecule has 1 aromatic heterocycles. The van der Waals surface area contributed by atoms with Crippen LogP contribution >= 0.6 is 23.5 Å². The Kier molecular flexibility index (Phi) is 6.51. The summed E-state index contributed by atoms with van der Waals surface area (Å²) in [5.41, 5.74) is 1.02. The van der Waals surface area contributed by atoms with Crippen molar-refractivity contribution >= 4 is 23.5 Å². The van der Waals surface area contributed by atoms with Gasteiger partial charge in [0.25, 0.3) is 0 Å². The van der Waals surface area contributed by atoms with Crippen molar-refractivity contribution in [2.24, 2.45) is 0 Å². The van der Waals surface area contributed by atoms with E-state index in [2.05, 4.69) is 49.7 Å². The third-order valence-electron chi connectivity index (χ3n) is 4.40. The first-order valence-corrected chi connectivity index (χ1v) is 10.0. The lowest BCUT2D eigenvalue weighted by atomic mass is 10.1. The zero-order chi connectivity index (χ0) is 15.4. The summed E-state index contributed by atoms with van der Waals surface area (Å²) in [6, 6.07) is 2.55. The van der Waals surface area contributed by atoms with E-state index in [9.17, 15) is 5.11 Å². The molecule has 1 aromatic rings. The van der Waals surface area contributed by atoms with E-state index >= 15 is 0 Å². The monoisotopic (exact) mass is 328 g/mol. The summed E-state index contributed by atoms with van der Waals surface area (Å²) in [7, 11) is 0. The van der Waals surface area contributed by atoms with E-state index in [1.165, 1.54) is 0 Å². The molecule has 1 saturated heterocycles. The second-order valence-electron chi connectivity index (χ2n) is 5.95. The molecular weight excluding hydrogens is 300 g/mol. The summed E-state index contributed by atoms with van der Waals surface area (Å²) in [6.45, 7) is 8.94. The van der Waals surface area contributed by atoms with Crippen LogP contribution in [0.3, 0.4) is 0 Å². The Morgan fingerprint density at radius 3 is 2.67 bits per heavy atom. The average Bonchev–Trinajstić information content (AvgIpc) is 2.91. The minimum Gasteiger partial charge on any atom is -0.392 e. The molecule has 21 heavy (non-hydrogen) atoms. The van der Waals surface area contributed by atoms with E-state index in [1.54, 1.807) is 0 Å². The SMILES string of the molecule is CCC(CC)n1ccc(CC(O)C2CSC(C)C(C)S2)n1. The minimum atomic E-state index is -0.289. The standard InChI is InChI=1S/C16H28N2OS2/c1-5-14(6-2)18-8-7-13(17-18)9-15(19)16-10-20-11(3)12(4)21-16/h7-8,11-12,14-16,19H,5-6,9-10H2,1-4H3. The number of hydrogen-bond acceptors (Lipinski definition) is 4. The van der Waals surface area contributed by atoms with Gasteiger partial charge in [-0.05, 0) is 18.9 Å². The molecule has 0 saturated carbocycles. The van der Waals surface area contributed by atoms with Gasteiger partial charge in [-0.3, -0.25) is 4.68 Å². The van der Waals surface area contributed by atoms with Crippen LogP contribution < -0.4 is 0 Å². The van der Waals surface area contributed by atoms with Gasteiger partial charge in [0.05, 0.1) is 17.8 Å². The lowest BCUT2D eigenvalue weighted by molar-refractivity contribution is 0.175. The zero-order valence-corrected chi connectivity index (χ0v) is 15.2. The Morgan fingerprint density at radius 1 is 1.33 bits per heavy atom. The third-order valence-corrected chi connectivity index (χ3v) is 7.94. The van der Waals surface area contributed by atoms with Gasteiger partial charge < -0.3 is 5.11 Å². The highest BCUT2D eigenvalue weighted by atomic mass is 32.2. The maximum Gasteiger partial charge on any atom is 0.0722 e. The molecule has 5 heteroatoms. The van der Waals surface area contributed by atoms with E-state index in [4.69, 9.17) is 0 Å². The van der Waals surface area contributed by atoms with E-state index in [-0.39, 0.29) is 6.10 Å². The molecule has 3 nitrogen and oxygen atoms in total. The predicted molar refractivity (Wildman–Crippen MR) is 94.3 cm³/mol. The maximum atomic E-state index is 10.5. The number of thioether (sulfide) groups is 2. The second kappa shape index (κ2) is 7.93. The van der Waals surface area contributed by atoms with Crippen molar-refractivity contribution in [2.75, 3.05) is 5.75 Å². The van der Waals surface area contributed by atoms with Gasteiger partial charge in [0.1, 0.15) is 0 Å². The fraction of sp³-hybridized carbons (Fsp3) is 0.812. The molecule has 1 aliphatic heterocycles. The Hall–Kier alpha value is -0.130. The Labute approximate surface area is 137 Å². The summed E-state index contributed by atoms with van der Waals surface area (Å²) in [6.07, 6.45) is 4.65. The summed E-state index contributed by atoms with van der Waals surface area (Å²) < 4.78 is 2.06. The Bertz CT molecular complexity index is 434. The number of rotatable bonds is 6. The van der Waals surface area contributed by atoms with E-state index in [0.717, 1.165) is 24.3 Å². The first-order chi connectivity index (χ1) is 10.0. The first-order valence-electron chi connectivity index (χ1n) is 8.04. The van der Waals surface area contributed by atoms with Crippen molar-refractivity contribution in [1.82, 2.24) is 9.78 Å². The highest BCUT2D eigenvalue weighted by Crippen LogP contribution is 2.37. The third kappa shape index (κ3) is 4.42. The largest absolute Gasteiger partial charge is 0.392 e. The van der Waals surface area contributed by atoms with Crippen LogP contribution in [0.1, 0.15) is 52.3 Å². The minimum absolute atomic E-state index is 0.289. The predicted octanol–water partition coefficient (Wildman–Crippen LogP) is 3.77. The quantitative estimate of drug-likeness (QED) is 0.862. The van der Waals surface area contributed by atoms with Crippen molar-refractivity contribution in [3.8, 4) is 0 Å². The van der Waals surface area contributed by atoms with Crippen molar-refractivity contribution < 1.29 is 5.11 Å². The number of aliphatic hydroxyl groups excluding tert-OH is 1. The van der Waals surface area contributed by atoms with Crippen molar-refractivity contribution in [1.29, 1.82) is 0 Å². The molecule has 4 atom stereocenters. The highest BCUT2D eigenvalue weighted by molar-refractivity contribution is 8.07. The Balaban J connectivity index is 1.92. The smallest absolute Gasteiger partial charge is 0.0722 e. The fourth-order valence-corrected chi connectivity index (χ4v) is 5.72. The summed E-state index contributed by atoms with van der Waals surface area (Å²) in [5.74, 6) is 1.05. The van der Waals surface area contributed by atoms with Crippen LogP contribution in [0.25, 0.3) is 0 Å². The molecule has 0 amide bonds. The molecule has 0 spiro atoms. The number of aliphatic hydroxyl groups is 1. The summed E-state index contributed by atoms with van der Waals surface area (Å²) >= 11 is 3.92. The molecule has 0 bridgehead atoms. The molecule has 2 heterocycles. The van der Waals surface area contributed by atoms with Crippen LogP contribution in [0.4, 0.5) is 0 Å². The molecule has 0 radical (unpaired) electrons. The van der Waals surface area contributed by atoms with Gasteiger partial charge in [0.2, 0.25) is 0 Å². The molecule has 1 fully saturated rings. The molecule has 2 rings (SSSR count). The second-order valence-corrected chi connectivity index (χ2v) is 8.98. The normalized spacial score (nSPS) is 28.0. The molecule has 1 N–H and O–H groups in total. The van der Waals surface area contributed by atoms with Crippen LogP contribution in [0, 0.1) is 0 Å². The molecule has 0 aliphatic carbocycles. The fourth-order valence-electron chi connectivity index (χ4n) is 2.71. The van der Waals surface area contributed by atoms with Crippen LogP contribution in [-0.4, -0.2) is 42.5 Å². The van der Waals surface area contributed by atoms with Gasteiger partial charge in [-0.15, -0.1) is 0 Å². The molecule has 0 aromatic carbocycles. The van der Waals surface area contributed by atoms with E-state index in [1.807, 2.05) is 23.5 Å². The summed E-state index contributed by atoms with van der Waals surface area (Å²) in [4.78, 5) is 0. The molecule has 4 unspecified atom stereocenters. The average molecular weight is 329 g/mol. The topological polar surface area (TPSA) is 38.0 Å². The number of aromatic nitrogens is 2. The zero-order valence-electron chi connectivity index (χ0n) is 13.5. The van der Waals surface area contributed by atoms with Gasteiger partial charge in [0.15, 0.2) is 0 Å². The lowest BCUT2D eigenvalue weighted by Crippen LogP contribution is -2.35. The van der Waals surface area contributed by atoms with Crippen LogP contribution in [0.2, 0.25) is 0 Å². The van der Waals surface area contributed by atoms with Gasteiger partial charge in [-0.1, -0.05) is 27.7 Å². The van der Waals surface area contributed by atoms with Gasteiger partial charge in [-0.2, -0.15) is 28.6 Å². The maximum absolute atomic E-state index is 10.5. The lowest BCUT2D eigenvalue weighted by Gasteiger charge is -2.33. The Morgan fingerprint density at radius 2 is 2.05 bits per heavy atom. The molecule has 120 valence electrons. The van der Waals surface area contributed by atoms with E-state index < -0.39 is 0 Å². The number of nitrogens with zero attached hydrogens (tertiary/aromatic N) is 2. The summed E-state index contributed by atoms with van der Waals surface area (Å²) in [5, 5.41) is 16.8. The molecular formula is C16H28N2OS2. The van der Waals surface area contributed by atoms with Gasteiger partial charge in [0, 0.05) is 34.1 Å². The van der Waals surface area contributed by atoms with Crippen molar-refractivity contribution in [3.63, 3.8) is 0 Å². The van der Waals surface area contributed by atoms with Crippen LogP contribution in [0.15, 0.2) is 12.3 Å².